The molecule has 0 unspecified atom stereocenters. The summed E-state index contributed by atoms with van der Waals surface area (Å²) < 4.78 is 0. The van der Waals surface area contributed by atoms with Crippen molar-refractivity contribution >= 4 is 21.8 Å². The van der Waals surface area contributed by atoms with Crippen molar-refractivity contribution in [1.82, 2.24) is 5.32 Å². The lowest BCUT2D eigenvalue weighted by Crippen LogP contribution is -2.29. The number of hydrogen-bond acceptors (Lipinski definition) is 2. The SMILES string of the molecule is O=C(C#CBr)N[C@H](CO)c1ccccc1. The minimum absolute atomic E-state index is 0.153. The average Bonchev–Trinajstić information content (AvgIpc) is 2.27. The number of carbonyl (C=O) groups is 1. The molecule has 0 spiro atoms. The van der Waals surface area contributed by atoms with Crippen LogP contribution in [0.25, 0.3) is 0 Å². The zero-order chi connectivity index (χ0) is 11.1. The third kappa shape index (κ3) is 3.74. The van der Waals surface area contributed by atoms with Crippen LogP contribution in [-0.4, -0.2) is 17.6 Å². The predicted molar refractivity (Wildman–Crippen MR) is 61.1 cm³/mol. The van der Waals surface area contributed by atoms with Crippen molar-refractivity contribution in [2.45, 2.75) is 6.04 Å². The predicted octanol–water partition coefficient (Wildman–Crippen LogP) is 1.19. The molecule has 0 aliphatic heterocycles. The van der Waals surface area contributed by atoms with Gasteiger partial charge < -0.3 is 10.4 Å². The summed E-state index contributed by atoms with van der Waals surface area (Å²) >= 11 is 2.83. The van der Waals surface area contributed by atoms with Crippen LogP contribution in [0.5, 0.6) is 0 Å². The highest BCUT2D eigenvalue weighted by molar-refractivity contribution is 9.12. The molecular formula is C11H10BrNO2. The molecule has 2 N–H and O–H groups in total. The molecule has 1 aromatic carbocycles. The van der Waals surface area contributed by atoms with Crippen molar-refractivity contribution < 1.29 is 9.90 Å². The molecule has 0 aromatic heterocycles. The highest BCUT2D eigenvalue weighted by Gasteiger charge is 2.11. The van der Waals surface area contributed by atoms with E-state index in [2.05, 4.69) is 32.0 Å². The van der Waals surface area contributed by atoms with Gasteiger partial charge in [0.2, 0.25) is 0 Å². The van der Waals surface area contributed by atoms with Gasteiger partial charge in [-0.3, -0.25) is 4.79 Å². The fourth-order valence-electron chi connectivity index (χ4n) is 1.16. The van der Waals surface area contributed by atoms with E-state index in [9.17, 15) is 4.79 Å². The van der Waals surface area contributed by atoms with E-state index in [4.69, 9.17) is 5.11 Å². The Morgan fingerprint density at radius 1 is 1.47 bits per heavy atom. The Morgan fingerprint density at radius 2 is 2.13 bits per heavy atom. The summed E-state index contributed by atoms with van der Waals surface area (Å²) in [5.74, 6) is 1.86. The lowest BCUT2D eigenvalue weighted by molar-refractivity contribution is -0.116. The van der Waals surface area contributed by atoms with Gasteiger partial charge >= 0.3 is 0 Å². The number of benzene rings is 1. The van der Waals surface area contributed by atoms with E-state index in [1.165, 1.54) is 0 Å². The van der Waals surface area contributed by atoms with E-state index in [1.54, 1.807) is 0 Å². The fraction of sp³-hybridized carbons (Fsp3) is 0.182. The van der Waals surface area contributed by atoms with E-state index in [0.29, 0.717) is 0 Å². The Labute approximate surface area is 96.6 Å². The lowest BCUT2D eigenvalue weighted by atomic mass is 10.1. The van der Waals surface area contributed by atoms with Gasteiger partial charge in [-0.1, -0.05) is 30.3 Å². The second-order valence-electron chi connectivity index (χ2n) is 2.84. The number of rotatable bonds is 3. The molecule has 1 aromatic rings. The van der Waals surface area contributed by atoms with Crippen LogP contribution in [0.1, 0.15) is 11.6 Å². The Kier molecular flexibility index (Phi) is 4.88. The van der Waals surface area contributed by atoms with Crippen LogP contribution in [0.15, 0.2) is 30.3 Å². The molecule has 1 amide bonds. The summed E-state index contributed by atoms with van der Waals surface area (Å²) in [6.07, 6.45) is 0. The van der Waals surface area contributed by atoms with E-state index in [-0.39, 0.29) is 6.61 Å². The summed E-state index contributed by atoms with van der Waals surface area (Å²) in [6, 6.07) is 8.83. The zero-order valence-corrected chi connectivity index (χ0v) is 9.49. The van der Waals surface area contributed by atoms with Gasteiger partial charge in [-0.25, -0.2) is 0 Å². The first-order valence-electron chi connectivity index (χ1n) is 4.36. The molecule has 0 saturated carbocycles. The van der Waals surface area contributed by atoms with E-state index < -0.39 is 11.9 Å². The van der Waals surface area contributed by atoms with Gasteiger partial charge in [-0.2, -0.15) is 0 Å². The Hall–Kier alpha value is -1.31. The molecule has 0 aliphatic carbocycles. The molecule has 78 valence electrons. The van der Waals surface area contributed by atoms with E-state index >= 15 is 0 Å². The van der Waals surface area contributed by atoms with Crippen molar-refractivity contribution in [3.05, 3.63) is 35.9 Å². The Morgan fingerprint density at radius 3 is 2.67 bits per heavy atom. The number of hydrogen-bond donors (Lipinski definition) is 2. The molecule has 0 heterocycles. The smallest absolute Gasteiger partial charge is 0.297 e. The van der Waals surface area contributed by atoms with E-state index in [1.807, 2.05) is 30.3 Å². The highest BCUT2D eigenvalue weighted by Crippen LogP contribution is 2.10. The van der Waals surface area contributed by atoms with Crippen LogP contribution in [0.3, 0.4) is 0 Å². The maximum absolute atomic E-state index is 11.2. The molecular weight excluding hydrogens is 258 g/mol. The lowest BCUT2D eigenvalue weighted by Gasteiger charge is -2.14. The third-order valence-corrected chi connectivity index (χ3v) is 2.05. The van der Waals surface area contributed by atoms with Gasteiger partial charge in [0.15, 0.2) is 0 Å². The van der Waals surface area contributed by atoms with Crippen molar-refractivity contribution in [2.75, 3.05) is 6.61 Å². The number of nitrogens with one attached hydrogen (secondary N) is 1. The summed E-state index contributed by atoms with van der Waals surface area (Å²) in [4.78, 5) is 13.5. The second kappa shape index (κ2) is 6.23. The summed E-state index contributed by atoms with van der Waals surface area (Å²) in [5.41, 5.74) is 0.852. The van der Waals surface area contributed by atoms with Crippen LogP contribution in [0.4, 0.5) is 0 Å². The van der Waals surface area contributed by atoms with Gasteiger partial charge in [-0.15, -0.1) is 0 Å². The minimum Gasteiger partial charge on any atom is -0.394 e. The van der Waals surface area contributed by atoms with Gasteiger partial charge in [-0.05, 0) is 10.4 Å². The monoisotopic (exact) mass is 267 g/mol. The molecule has 1 rings (SSSR count). The number of halogens is 1. The first-order chi connectivity index (χ1) is 7.27. The highest BCUT2D eigenvalue weighted by atomic mass is 79.9. The topological polar surface area (TPSA) is 49.3 Å². The average molecular weight is 268 g/mol. The van der Waals surface area contributed by atoms with E-state index in [0.717, 1.165) is 5.56 Å². The summed E-state index contributed by atoms with van der Waals surface area (Å²) in [7, 11) is 0. The maximum Gasteiger partial charge on any atom is 0.297 e. The molecule has 0 radical (unpaired) electrons. The molecule has 0 aliphatic rings. The first-order valence-corrected chi connectivity index (χ1v) is 5.15. The standard InChI is InChI=1S/C11H10BrNO2/c12-7-6-11(15)13-10(8-14)9-4-2-1-3-5-9/h1-5,10,14H,8H2,(H,13,15)/t10-/m1/s1. The van der Waals surface area contributed by atoms with Crippen LogP contribution >= 0.6 is 15.9 Å². The third-order valence-electron chi connectivity index (χ3n) is 1.85. The summed E-state index contributed by atoms with van der Waals surface area (Å²) in [6.45, 7) is -0.153. The van der Waals surface area contributed by atoms with Crippen LogP contribution in [0.2, 0.25) is 0 Å². The van der Waals surface area contributed by atoms with Gasteiger partial charge in [0, 0.05) is 21.9 Å². The largest absolute Gasteiger partial charge is 0.394 e. The number of aliphatic hydroxyl groups is 1. The molecule has 15 heavy (non-hydrogen) atoms. The number of amides is 1. The van der Waals surface area contributed by atoms with Gasteiger partial charge in [0.25, 0.3) is 5.91 Å². The van der Waals surface area contributed by atoms with Crippen molar-refractivity contribution in [2.24, 2.45) is 0 Å². The molecule has 3 nitrogen and oxygen atoms in total. The molecule has 0 fully saturated rings. The van der Waals surface area contributed by atoms with Crippen molar-refractivity contribution in [1.29, 1.82) is 0 Å². The maximum atomic E-state index is 11.2. The van der Waals surface area contributed by atoms with Crippen molar-refractivity contribution in [3.8, 4) is 10.8 Å². The molecule has 4 heteroatoms. The Bertz CT molecular complexity index is 381. The normalized spacial score (nSPS) is 11.1. The van der Waals surface area contributed by atoms with Crippen molar-refractivity contribution in [3.63, 3.8) is 0 Å². The molecule has 1 atom stereocenters. The van der Waals surface area contributed by atoms with Crippen LogP contribution in [-0.2, 0) is 4.79 Å². The Balaban J connectivity index is 2.72. The number of carbonyl (C=O) groups excluding carboxylic acids is 1. The number of aliphatic hydroxyl groups excluding tert-OH is 1. The summed E-state index contributed by atoms with van der Waals surface area (Å²) in [5, 5.41) is 11.7. The second-order valence-corrected chi connectivity index (χ2v) is 3.24. The molecule has 0 bridgehead atoms. The van der Waals surface area contributed by atoms with Crippen LogP contribution in [0, 0.1) is 10.8 Å². The van der Waals surface area contributed by atoms with Gasteiger partial charge in [0.05, 0.1) is 12.6 Å². The van der Waals surface area contributed by atoms with Gasteiger partial charge in [0.1, 0.15) is 0 Å². The fourth-order valence-corrected chi connectivity index (χ4v) is 1.34. The quantitative estimate of drug-likeness (QED) is 0.809. The van der Waals surface area contributed by atoms with Crippen LogP contribution < -0.4 is 5.32 Å². The molecule has 0 saturated heterocycles. The minimum atomic E-state index is -0.422. The first kappa shape index (κ1) is 11.8. The zero-order valence-electron chi connectivity index (χ0n) is 7.90.